The van der Waals surface area contributed by atoms with Crippen LogP contribution in [0.25, 0.3) is 0 Å². The van der Waals surface area contributed by atoms with Gasteiger partial charge in [0, 0.05) is 6.61 Å². The van der Waals surface area contributed by atoms with Crippen LogP contribution in [0.15, 0.2) is 0 Å². The lowest BCUT2D eigenvalue weighted by Gasteiger charge is -2.28. The lowest BCUT2D eigenvalue weighted by atomic mass is 10.3. The largest absolute Gasteiger partial charge is 0.418 e. The highest BCUT2D eigenvalue weighted by molar-refractivity contribution is 6.69. The van der Waals surface area contributed by atoms with Crippen LogP contribution in [0.2, 0.25) is 19.6 Å². The van der Waals surface area contributed by atoms with Crippen molar-refractivity contribution in [3.8, 4) is 0 Å². The first kappa shape index (κ1) is 14.1. The van der Waals surface area contributed by atoms with Gasteiger partial charge in [-0.2, -0.15) is 0 Å². The molecule has 0 N–H and O–H groups in total. The van der Waals surface area contributed by atoms with Crippen LogP contribution >= 0.6 is 0 Å². The van der Waals surface area contributed by atoms with Crippen LogP contribution in [0, 0.1) is 0 Å². The van der Waals surface area contributed by atoms with E-state index < -0.39 is 8.32 Å². The Morgan fingerprint density at radius 2 is 1.64 bits per heavy atom. The summed E-state index contributed by atoms with van der Waals surface area (Å²) in [6, 6.07) is 0. The summed E-state index contributed by atoms with van der Waals surface area (Å²) in [4.78, 5) is 0. The lowest BCUT2D eigenvalue weighted by Crippen LogP contribution is -2.40. The molecule has 0 atom stereocenters. The van der Waals surface area contributed by atoms with Crippen molar-refractivity contribution in [2.75, 3.05) is 33.8 Å². The summed E-state index contributed by atoms with van der Waals surface area (Å²) in [6.07, 6.45) is 2.50. The molecule has 86 valence electrons. The average molecular weight is 218 g/mol. The standard InChI is InChI=1S/C11H28NOSi/c1-7-12(2,3)10-8-9-11-13-14(4,5)6/h7-11H2,1-6H3/q+1. The molecule has 0 bridgehead atoms. The van der Waals surface area contributed by atoms with Gasteiger partial charge in [0.05, 0.1) is 27.2 Å². The number of rotatable bonds is 7. The first-order chi connectivity index (χ1) is 6.27. The summed E-state index contributed by atoms with van der Waals surface area (Å²) in [5.41, 5.74) is 0. The van der Waals surface area contributed by atoms with Gasteiger partial charge in [0.2, 0.25) is 0 Å². The molecule has 3 heteroatoms. The Labute approximate surface area is 91.0 Å². The average Bonchev–Trinajstić information content (AvgIpc) is 2.01. The second-order valence-corrected chi connectivity index (χ2v) is 10.2. The monoisotopic (exact) mass is 218 g/mol. The normalized spacial score (nSPS) is 13.3. The second-order valence-electron chi connectivity index (χ2n) is 5.64. The zero-order chi connectivity index (χ0) is 11.2. The van der Waals surface area contributed by atoms with E-state index in [1.165, 1.54) is 25.9 Å². The maximum Gasteiger partial charge on any atom is 0.183 e. The first-order valence-electron chi connectivity index (χ1n) is 5.73. The van der Waals surface area contributed by atoms with Crippen LogP contribution in [0.1, 0.15) is 19.8 Å². The van der Waals surface area contributed by atoms with Gasteiger partial charge in [-0.3, -0.25) is 0 Å². The molecular weight excluding hydrogens is 190 g/mol. The van der Waals surface area contributed by atoms with Crippen molar-refractivity contribution >= 4 is 8.32 Å². The maximum atomic E-state index is 5.81. The van der Waals surface area contributed by atoms with Crippen molar-refractivity contribution in [2.45, 2.75) is 39.4 Å². The van der Waals surface area contributed by atoms with E-state index in [9.17, 15) is 0 Å². The van der Waals surface area contributed by atoms with Crippen molar-refractivity contribution in [1.82, 2.24) is 0 Å². The van der Waals surface area contributed by atoms with Crippen molar-refractivity contribution in [2.24, 2.45) is 0 Å². The third-order valence-electron chi connectivity index (χ3n) is 2.55. The Hall–Kier alpha value is 0.137. The summed E-state index contributed by atoms with van der Waals surface area (Å²) >= 11 is 0. The van der Waals surface area contributed by atoms with Crippen LogP contribution < -0.4 is 0 Å². The van der Waals surface area contributed by atoms with E-state index in [0.29, 0.717) is 0 Å². The van der Waals surface area contributed by atoms with E-state index >= 15 is 0 Å². The summed E-state index contributed by atoms with van der Waals surface area (Å²) in [7, 11) is 3.32. The van der Waals surface area contributed by atoms with Crippen molar-refractivity contribution < 1.29 is 8.91 Å². The predicted molar refractivity (Wildman–Crippen MR) is 66.0 cm³/mol. The molecule has 0 saturated heterocycles. The zero-order valence-corrected chi connectivity index (χ0v) is 11.9. The van der Waals surface area contributed by atoms with Gasteiger partial charge in [-0.15, -0.1) is 0 Å². The van der Waals surface area contributed by atoms with E-state index in [1.54, 1.807) is 0 Å². The van der Waals surface area contributed by atoms with Gasteiger partial charge in [-0.25, -0.2) is 0 Å². The molecule has 0 amide bonds. The number of quaternary nitrogens is 1. The fourth-order valence-corrected chi connectivity index (χ4v) is 1.94. The fourth-order valence-electron chi connectivity index (χ4n) is 1.18. The lowest BCUT2D eigenvalue weighted by molar-refractivity contribution is -0.888. The van der Waals surface area contributed by atoms with Crippen LogP contribution in [0.3, 0.4) is 0 Å². The topological polar surface area (TPSA) is 9.23 Å². The van der Waals surface area contributed by atoms with E-state index in [0.717, 1.165) is 11.1 Å². The predicted octanol–water partition coefficient (Wildman–Crippen LogP) is 2.71. The van der Waals surface area contributed by atoms with Crippen LogP contribution in [-0.2, 0) is 4.43 Å². The Kier molecular flexibility index (Phi) is 5.94. The van der Waals surface area contributed by atoms with Gasteiger partial charge in [0.25, 0.3) is 0 Å². The number of hydrogen-bond donors (Lipinski definition) is 0. The molecule has 0 saturated carbocycles. The Morgan fingerprint density at radius 3 is 2.07 bits per heavy atom. The molecule has 0 aromatic heterocycles. The SMILES string of the molecule is CC[N+](C)(C)CCCCO[Si](C)(C)C. The quantitative estimate of drug-likeness (QED) is 0.363. The van der Waals surface area contributed by atoms with E-state index in [1.807, 2.05) is 0 Å². The van der Waals surface area contributed by atoms with E-state index in [-0.39, 0.29) is 0 Å². The summed E-state index contributed by atoms with van der Waals surface area (Å²) in [5, 5.41) is 0. The molecule has 0 unspecified atom stereocenters. The highest BCUT2D eigenvalue weighted by atomic mass is 28.4. The molecule has 0 fully saturated rings. The van der Waals surface area contributed by atoms with Crippen LogP contribution in [-0.4, -0.2) is 46.6 Å². The molecule has 0 aliphatic heterocycles. The van der Waals surface area contributed by atoms with Crippen molar-refractivity contribution in [3.05, 3.63) is 0 Å². The zero-order valence-electron chi connectivity index (χ0n) is 10.9. The van der Waals surface area contributed by atoms with Crippen LogP contribution in [0.4, 0.5) is 0 Å². The summed E-state index contributed by atoms with van der Waals surface area (Å²) < 4.78 is 6.94. The molecular formula is C11H28NOSi+. The molecule has 0 heterocycles. The molecule has 0 aliphatic rings. The van der Waals surface area contributed by atoms with Gasteiger partial charge >= 0.3 is 0 Å². The third-order valence-corrected chi connectivity index (χ3v) is 3.62. The molecule has 0 aliphatic carbocycles. The van der Waals surface area contributed by atoms with Crippen molar-refractivity contribution in [1.29, 1.82) is 0 Å². The van der Waals surface area contributed by atoms with Gasteiger partial charge in [-0.05, 0) is 39.4 Å². The first-order valence-corrected chi connectivity index (χ1v) is 9.14. The number of unbranched alkanes of at least 4 members (excludes halogenated alkanes) is 1. The summed E-state index contributed by atoms with van der Waals surface area (Å²) in [6.45, 7) is 12.4. The number of nitrogens with zero attached hydrogens (tertiary/aromatic N) is 1. The molecule has 0 rings (SSSR count). The molecule has 0 aromatic rings. The molecule has 0 spiro atoms. The number of hydrogen-bond acceptors (Lipinski definition) is 1. The Bertz CT molecular complexity index is 152. The second kappa shape index (κ2) is 5.88. The minimum Gasteiger partial charge on any atom is -0.418 e. The minimum atomic E-state index is -1.27. The molecule has 2 nitrogen and oxygen atoms in total. The van der Waals surface area contributed by atoms with Crippen molar-refractivity contribution in [3.63, 3.8) is 0 Å². The smallest absolute Gasteiger partial charge is 0.183 e. The fraction of sp³-hybridized carbons (Fsp3) is 1.00. The summed E-state index contributed by atoms with van der Waals surface area (Å²) in [5.74, 6) is 0. The maximum absolute atomic E-state index is 5.81. The van der Waals surface area contributed by atoms with Gasteiger partial charge < -0.3 is 8.91 Å². The minimum absolute atomic E-state index is 0.958. The van der Waals surface area contributed by atoms with E-state index in [2.05, 4.69) is 40.7 Å². The highest BCUT2D eigenvalue weighted by Gasteiger charge is 2.14. The van der Waals surface area contributed by atoms with E-state index in [4.69, 9.17) is 4.43 Å². The molecule has 0 aromatic carbocycles. The Balaban J connectivity index is 3.39. The molecule has 14 heavy (non-hydrogen) atoms. The van der Waals surface area contributed by atoms with Crippen LogP contribution in [0.5, 0.6) is 0 Å². The molecule has 0 radical (unpaired) electrons. The van der Waals surface area contributed by atoms with Gasteiger partial charge in [0.15, 0.2) is 8.32 Å². The highest BCUT2D eigenvalue weighted by Crippen LogP contribution is 2.05. The Morgan fingerprint density at radius 1 is 1.07 bits per heavy atom. The van der Waals surface area contributed by atoms with Gasteiger partial charge in [0.1, 0.15) is 0 Å². The van der Waals surface area contributed by atoms with Gasteiger partial charge in [-0.1, -0.05) is 0 Å². The third kappa shape index (κ3) is 8.72.